The van der Waals surface area contributed by atoms with Crippen LogP contribution in [0.1, 0.15) is 30.5 Å². The number of aromatic nitrogens is 2. The Hall–Kier alpha value is -3.61. The highest BCUT2D eigenvalue weighted by molar-refractivity contribution is 5.77. The summed E-state index contributed by atoms with van der Waals surface area (Å²) in [6.07, 6.45) is 4.53. The Morgan fingerprint density at radius 1 is 1.09 bits per heavy atom. The van der Waals surface area contributed by atoms with Gasteiger partial charge in [0, 0.05) is 67.8 Å². The molecule has 0 unspecified atom stereocenters. The van der Waals surface area contributed by atoms with E-state index in [0.717, 1.165) is 30.1 Å². The van der Waals surface area contributed by atoms with Crippen molar-refractivity contribution in [3.8, 4) is 11.1 Å². The average molecular weight is 453 g/mol. The molecule has 0 spiro atoms. The molecule has 2 aromatic heterocycles. The van der Waals surface area contributed by atoms with E-state index in [1.807, 2.05) is 32.0 Å². The molecule has 0 fully saturated rings. The molecular formula is C26H27F3N4. The van der Waals surface area contributed by atoms with Crippen LogP contribution in [0, 0.1) is 5.82 Å². The fraction of sp³-hybridized carbons (Fsp3) is 0.231. The van der Waals surface area contributed by atoms with Gasteiger partial charge in [-0.25, -0.2) is 18.2 Å². The Bertz CT molecular complexity index is 1200. The zero-order valence-corrected chi connectivity index (χ0v) is 19.2. The summed E-state index contributed by atoms with van der Waals surface area (Å²) < 4.78 is 42.0. The first-order valence-electron chi connectivity index (χ1n) is 10.4. The van der Waals surface area contributed by atoms with E-state index in [1.54, 1.807) is 18.3 Å². The Labute approximate surface area is 192 Å². The van der Waals surface area contributed by atoms with E-state index in [9.17, 15) is 13.2 Å². The van der Waals surface area contributed by atoms with Gasteiger partial charge < -0.3 is 10.2 Å². The highest BCUT2D eigenvalue weighted by atomic mass is 19.3. The molecule has 2 heterocycles. The smallest absolute Gasteiger partial charge is 0.272 e. The minimum Gasteiger partial charge on any atom is -0.362 e. The van der Waals surface area contributed by atoms with Gasteiger partial charge in [-0.05, 0) is 36.3 Å². The number of rotatable bonds is 8. The topological polar surface area (TPSA) is 41.1 Å². The van der Waals surface area contributed by atoms with Crippen molar-refractivity contribution in [2.45, 2.75) is 26.2 Å². The van der Waals surface area contributed by atoms with Gasteiger partial charge in [0.2, 0.25) is 0 Å². The van der Waals surface area contributed by atoms with E-state index in [-0.39, 0.29) is 11.4 Å². The molecule has 1 aromatic carbocycles. The van der Waals surface area contributed by atoms with Crippen molar-refractivity contribution < 1.29 is 13.2 Å². The number of anilines is 2. The third-order valence-corrected chi connectivity index (χ3v) is 5.08. The Morgan fingerprint density at radius 2 is 1.82 bits per heavy atom. The summed E-state index contributed by atoms with van der Waals surface area (Å²) in [5.74, 6) is -2.61. The second kappa shape index (κ2) is 9.48. The van der Waals surface area contributed by atoms with Gasteiger partial charge in [-0.15, -0.1) is 0 Å². The number of alkyl halides is 2. The van der Waals surface area contributed by atoms with Crippen LogP contribution in [0.3, 0.4) is 0 Å². The van der Waals surface area contributed by atoms with Crippen molar-refractivity contribution in [2.75, 3.05) is 24.3 Å². The summed E-state index contributed by atoms with van der Waals surface area (Å²) in [4.78, 5) is 10.2. The summed E-state index contributed by atoms with van der Waals surface area (Å²) >= 11 is 0. The predicted molar refractivity (Wildman–Crippen MR) is 129 cm³/mol. The molecule has 0 atom stereocenters. The zero-order chi connectivity index (χ0) is 24.3. The number of hydrogen-bond donors (Lipinski definition) is 1. The van der Waals surface area contributed by atoms with Crippen LogP contribution in [0.4, 0.5) is 24.7 Å². The molecule has 0 amide bonds. The van der Waals surface area contributed by atoms with Gasteiger partial charge in [-0.3, -0.25) is 4.98 Å². The van der Waals surface area contributed by atoms with Crippen molar-refractivity contribution >= 4 is 17.1 Å². The van der Waals surface area contributed by atoms with Gasteiger partial charge in [-0.2, -0.15) is 0 Å². The molecule has 4 nitrogen and oxygen atoms in total. The third-order valence-electron chi connectivity index (χ3n) is 5.08. The van der Waals surface area contributed by atoms with Gasteiger partial charge in [0.15, 0.2) is 0 Å². The quantitative estimate of drug-likeness (QED) is 0.415. The Kier molecular flexibility index (Phi) is 6.91. The highest BCUT2D eigenvalue weighted by Gasteiger charge is 2.24. The van der Waals surface area contributed by atoms with Crippen LogP contribution >= 0.6 is 0 Å². The van der Waals surface area contributed by atoms with Crippen molar-refractivity contribution in [2.24, 2.45) is 0 Å². The SMILES string of the molecule is C=C(Cc1ccc(-c2cnc(N(C)C)c(C(=C)C)c2)c(F)c1)Nc1cncc(C(C)(F)F)c1. The molecule has 0 bridgehead atoms. The fourth-order valence-electron chi connectivity index (χ4n) is 3.42. The number of hydrogen-bond acceptors (Lipinski definition) is 4. The maximum absolute atomic E-state index is 15.0. The van der Waals surface area contributed by atoms with Crippen molar-refractivity contribution in [3.63, 3.8) is 0 Å². The predicted octanol–water partition coefficient (Wildman–Crippen LogP) is 6.66. The van der Waals surface area contributed by atoms with Crippen LogP contribution in [-0.4, -0.2) is 24.1 Å². The molecule has 172 valence electrons. The lowest BCUT2D eigenvalue weighted by Gasteiger charge is -2.17. The van der Waals surface area contributed by atoms with Crippen LogP contribution in [0.2, 0.25) is 0 Å². The molecule has 33 heavy (non-hydrogen) atoms. The van der Waals surface area contributed by atoms with E-state index in [1.165, 1.54) is 18.3 Å². The molecule has 0 radical (unpaired) electrons. The molecule has 0 aliphatic rings. The lowest BCUT2D eigenvalue weighted by molar-refractivity contribution is 0.0172. The summed E-state index contributed by atoms with van der Waals surface area (Å²) in [7, 11) is 3.79. The molecule has 0 aliphatic carbocycles. The molecular weight excluding hydrogens is 425 g/mol. The standard InChI is InChI=1S/C26H27F3N4/c1-16(2)23-11-19(13-31-25(23)33(5)6)22-8-7-18(10-24(22)27)9-17(3)32-21-12-20(14-30-15-21)26(4,28)29/h7-8,10-15,32H,1,3,9H2,2,4-6H3. The number of nitrogens with zero attached hydrogens (tertiary/aromatic N) is 3. The molecule has 0 saturated carbocycles. The average Bonchev–Trinajstić information content (AvgIpc) is 2.73. The van der Waals surface area contributed by atoms with Crippen LogP contribution in [0.5, 0.6) is 0 Å². The van der Waals surface area contributed by atoms with Crippen molar-refractivity contribution in [3.05, 3.63) is 90.3 Å². The van der Waals surface area contributed by atoms with Crippen LogP contribution in [0.15, 0.2) is 67.8 Å². The Balaban J connectivity index is 1.78. The van der Waals surface area contributed by atoms with E-state index < -0.39 is 5.92 Å². The number of nitrogens with one attached hydrogen (secondary N) is 1. The number of allylic oxidation sites excluding steroid dienone is 2. The van der Waals surface area contributed by atoms with E-state index in [4.69, 9.17) is 0 Å². The lowest BCUT2D eigenvalue weighted by atomic mass is 9.99. The van der Waals surface area contributed by atoms with Gasteiger partial charge in [0.05, 0.1) is 11.9 Å². The van der Waals surface area contributed by atoms with Crippen LogP contribution < -0.4 is 10.2 Å². The third kappa shape index (κ3) is 5.80. The minimum atomic E-state index is -2.99. The van der Waals surface area contributed by atoms with Gasteiger partial charge in [0.1, 0.15) is 11.6 Å². The first-order chi connectivity index (χ1) is 15.5. The van der Waals surface area contributed by atoms with Crippen LogP contribution in [-0.2, 0) is 12.3 Å². The number of pyridine rings is 2. The first kappa shape index (κ1) is 24.0. The maximum atomic E-state index is 15.0. The summed E-state index contributed by atoms with van der Waals surface area (Å²) in [6, 6.07) is 8.16. The normalized spacial score (nSPS) is 11.2. The first-order valence-corrected chi connectivity index (χ1v) is 10.4. The van der Waals surface area contributed by atoms with Crippen LogP contribution in [0.25, 0.3) is 16.7 Å². The largest absolute Gasteiger partial charge is 0.362 e. The van der Waals surface area contributed by atoms with Gasteiger partial charge in [0.25, 0.3) is 5.92 Å². The van der Waals surface area contributed by atoms with Crippen molar-refractivity contribution in [1.29, 1.82) is 0 Å². The highest BCUT2D eigenvalue weighted by Crippen LogP contribution is 2.31. The van der Waals surface area contributed by atoms with Gasteiger partial charge >= 0.3 is 0 Å². The summed E-state index contributed by atoms with van der Waals surface area (Å²) in [5.41, 5.74) is 4.20. The number of halogens is 3. The molecule has 3 aromatic rings. The lowest BCUT2D eigenvalue weighted by Crippen LogP contribution is -2.13. The molecule has 1 N–H and O–H groups in total. The molecule has 0 aliphatic heterocycles. The van der Waals surface area contributed by atoms with E-state index in [2.05, 4.69) is 28.4 Å². The van der Waals surface area contributed by atoms with Crippen molar-refractivity contribution in [1.82, 2.24) is 9.97 Å². The Morgan fingerprint density at radius 3 is 2.42 bits per heavy atom. The summed E-state index contributed by atoms with van der Waals surface area (Å²) in [6.45, 7) is 10.6. The fourth-order valence-corrected chi connectivity index (χ4v) is 3.42. The van der Waals surface area contributed by atoms with E-state index in [0.29, 0.717) is 34.5 Å². The monoisotopic (exact) mass is 452 g/mol. The second-order valence-electron chi connectivity index (χ2n) is 8.34. The minimum absolute atomic E-state index is 0.196. The molecule has 3 rings (SSSR count). The maximum Gasteiger partial charge on any atom is 0.272 e. The molecule has 7 heteroatoms. The zero-order valence-electron chi connectivity index (χ0n) is 19.2. The number of benzene rings is 1. The summed E-state index contributed by atoms with van der Waals surface area (Å²) in [5, 5.41) is 2.97. The second-order valence-corrected chi connectivity index (χ2v) is 8.34. The molecule has 0 saturated heterocycles. The van der Waals surface area contributed by atoms with E-state index >= 15 is 0 Å². The van der Waals surface area contributed by atoms with Gasteiger partial charge in [-0.1, -0.05) is 25.3 Å².